The van der Waals surface area contributed by atoms with Crippen molar-refractivity contribution in [1.29, 1.82) is 0 Å². The highest BCUT2D eigenvalue weighted by Gasteiger charge is 2.05. The zero-order valence-electron chi connectivity index (χ0n) is 11.0. The van der Waals surface area contributed by atoms with Crippen LogP contribution in [0.25, 0.3) is 0 Å². The Morgan fingerprint density at radius 3 is 2.89 bits per heavy atom. The molecule has 1 aromatic rings. The van der Waals surface area contributed by atoms with Crippen molar-refractivity contribution in [2.24, 2.45) is 5.10 Å². The SMILES string of the molecule is C#CCOc1ccc(/C=N\NC(C)=O)cc1OCC. The van der Waals surface area contributed by atoms with Crippen LogP contribution in [0.5, 0.6) is 11.5 Å². The average Bonchev–Trinajstić information content (AvgIpc) is 2.38. The molecule has 1 rings (SSSR count). The van der Waals surface area contributed by atoms with Gasteiger partial charge >= 0.3 is 0 Å². The van der Waals surface area contributed by atoms with Crippen LogP contribution in [0, 0.1) is 12.3 Å². The Morgan fingerprint density at radius 1 is 1.47 bits per heavy atom. The van der Waals surface area contributed by atoms with Crippen LogP contribution in [-0.2, 0) is 4.79 Å². The van der Waals surface area contributed by atoms with E-state index in [2.05, 4.69) is 16.4 Å². The predicted octanol–water partition coefficient (Wildman–Crippen LogP) is 1.57. The monoisotopic (exact) mass is 260 g/mol. The number of benzene rings is 1. The Hall–Kier alpha value is -2.48. The first-order valence-electron chi connectivity index (χ1n) is 5.80. The van der Waals surface area contributed by atoms with Gasteiger partial charge in [0.2, 0.25) is 5.91 Å². The normalized spacial score (nSPS) is 9.95. The molecule has 0 unspecified atom stereocenters. The molecular weight excluding hydrogens is 244 g/mol. The molecule has 5 heteroatoms. The van der Waals surface area contributed by atoms with E-state index in [4.69, 9.17) is 15.9 Å². The highest BCUT2D eigenvalue weighted by Crippen LogP contribution is 2.27. The lowest BCUT2D eigenvalue weighted by Gasteiger charge is -2.10. The van der Waals surface area contributed by atoms with Crippen molar-refractivity contribution in [2.75, 3.05) is 13.2 Å². The van der Waals surface area contributed by atoms with Crippen molar-refractivity contribution in [2.45, 2.75) is 13.8 Å². The molecule has 0 aliphatic rings. The maximum atomic E-state index is 10.7. The minimum Gasteiger partial charge on any atom is -0.490 e. The van der Waals surface area contributed by atoms with Crippen LogP contribution in [0.15, 0.2) is 23.3 Å². The first-order valence-corrected chi connectivity index (χ1v) is 5.80. The van der Waals surface area contributed by atoms with E-state index in [1.54, 1.807) is 18.2 Å². The van der Waals surface area contributed by atoms with Crippen LogP contribution in [-0.4, -0.2) is 25.3 Å². The largest absolute Gasteiger partial charge is 0.490 e. The van der Waals surface area contributed by atoms with E-state index in [9.17, 15) is 4.79 Å². The molecule has 1 amide bonds. The maximum absolute atomic E-state index is 10.7. The van der Waals surface area contributed by atoms with Crippen LogP contribution in [0.3, 0.4) is 0 Å². The summed E-state index contributed by atoms with van der Waals surface area (Å²) in [5.41, 5.74) is 3.11. The van der Waals surface area contributed by atoms with E-state index in [-0.39, 0.29) is 12.5 Å². The number of nitrogens with one attached hydrogen (secondary N) is 1. The molecular formula is C14H16N2O3. The van der Waals surface area contributed by atoms with Gasteiger partial charge in [0, 0.05) is 6.92 Å². The van der Waals surface area contributed by atoms with E-state index in [0.717, 1.165) is 5.56 Å². The lowest BCUT2D eigenvalue weighted by Crippen LogP contribution is -2.12. The summed E-state index contributed by atoms with van der Waals surface area (Å²) < 4.78 is 10.8. The first-order chi connectivity index (χ1) is 9.17. The number of hydrogen-bond acceptors (Lipinski definition) is 4. The Labute approximate surface area is 112 Å². The van der Waals surface area contributed by atoms with E-state index in [1.807, 2.05) is 6.92 Å². The molecule has 1 N–H and O–H groups in total. The van der Waals surface area contributed by atoms with Crippen LogP contribution in [0.4, 0.5) is 0 Å². The lowest BCUT2D eigenvalue weighted by molar-refractivity contribution is -0.118. The number of terminal acetylenes is 1. The second-order valence-corrected chi connectivity index (χ2v) is 3.56. The second kappa shape index (κ2) is 7.77. The summed E-state index contributed by atoms with van der Waals surface area (Å²) in [6.45, 7) is 3.96. The fourth-order valence-electron chi connectivity index (χ4n) is 1.31. The summed E-state index contributed by atoms with van der Waals surface area (Å²) in [4.78, 5) is 10.7. The fraction of sp³-hybridized carbons (Fsp3) is 0.286. The van der Waals surface area contributed by atoms with Crippen molar-refractivity contribution >= 4 is 12.1 Å². The summed E-state index contributed by atoms with van der Waals surface area (Å²) >= 11 is 0. The van der Waals surface area contributed by atoms with Crippen molar-refractivity contribution in [3.8, 4) is 23.8 Å². The Balaban J connectivity index is 2.85. The number of hydrogen-bond donors (Lipinski definition) is 1. The third-order valence-corrected chi connectivity index (χ3v) is 2.01. The Kier molecular flexibility index (Phi) is 5.96. The molecule has 19 heavy (non-hydrogen) atoms. The highest BCUT2D eigenvalue weighted by molar-refractivity contribution is 5.82. The Morgan fingerprint density at radius 2 is 2.26 bits per heavy atom. The highest BCUT2D eigenvalue weighted by atomic mass is 16.5. The van der Waals surface area contributed by atoms with Gasteiger partial charge in [0.1, 0.15) is 6.61 Å². The van der Waals surface area contributed by atoms with Gasteiger partial charge in [-0.05, 0) is 30.7 Å². The fourth-order valence-corrected chi connectivity index (χ4v) is 1.31. The van der Waals surface area contributed by atoms with E-state index in [0.29, 0.717) is 18.1 Å². The van der Waals surface area contributed by atoms with Crippen molar-refractivity contribution in [3.05, 3.63) is 23.8 Å². The number of rotatable bonds is 6. The smallest absolute Gasteiger partial charge is 0.236 e. The van der Waals surface area contributed by atoms with Crippen molar-refractivity contribution < 1.29 is 14.3 Å². The van der Waals surface area contributed by atoms with Gasteiger partial charge in [0.05, 0.1) is 12.8 Å². The molecule has 0 radical (unpaired) electrons. The van der Waals surface area contributed by atoms with Gasteiger partial charge < -0.3 is 9.47 Å². The number of carbonyl (C=O) groups excluding carboxylic acids is 1. The minimum absolute atomic E-state index is 0.180. The van der Waals surface area contributed by atoms with Crippen LogP contribution >= 0.6 is 0 Å². The zero-order chi connectivity index (χ0) is 14.1. The quantitative estimate of drug-likeness (QED) is 0.480. The van der Waals surface area contributed by atoms with E-state index < -0.39 is 0 Å². The molecule has 100 valence electrons. The van der Waals surface area contributed by atoms with Gasteiger partial charge in [-0.15, -0.1) is 6.42 Å². The molecule has 0 atom stereocenters. The number of hydrazone groups is 1. The van der Waals surface area contributed by atoms with E-state index >= 15 is 0 Å². The summed E-state index contributed by atoms with van der Waals surface area (Å²) in [7, 11) is 0. The third kappa shape index (κ3) is 5.13. The predicted molar refractivity (Wildman–Crippen MR) is 73.3 cm³/mol. The zero-order valence-corrected chi connectivity index (χ0v) is 11.0. The molecule has 0 spiro atoms. The molecule has 5 nitrogen and oxygen atoms in total. The molecule has 1 aromatic carbocycles. The lowest BCUT2D eigenvalue weighted by atomic mass is 10.2. The minimum atomic E-state index is -0.227. The molecule has 0 saturated carbocycles. The van der Waals surface area contributed by atoms with Gasteiger partial charge in [0.25, 0.3) is 0 Å². The summed E-state index contributed by atoms with van der Waals surface area (Å²) in [5.74, 6) is 3.34. The number of nitrogens with zero attached hydrogens (tertiary/aromatic N) is 1. The Bertz CT molecular complexity index is 504. The average molecular weight is 260 g/mol. The van der Waals surface area contributed by atoms with Gasteiger partial charge in [-0.3, -0.25) is 4.79 Å². The third-order valence-electron chi connectivity index (χ3n) is 2.01. The topological polar surface area (TPSA) is 59.9 Å². The molecule has 0 bridgehead atoms. The molecule has 0 fully saturated rings. The van der Waals surface area contributed by atoms with Gasteiger partial charge in [0.15, 0.2) is 11.5 Å². The molecule has 0 saturated heterocycles. The summed E-state index contributed by atoms with van der Waals surface area (Å²) in [6.07, 6.45) is 6.67. The number of amides is 1. The molecule has 0 aromatic heterocycles. The number of carbonyl (C=O) groups is 1. The second-order valence-electron chi connectivity index (χ2n) is 3.56. The standard InChI is InChI=1S/C14H16N2O3/c1-4-8-19-13-7-6-12(9-14(13)18-5-2)10-15-16-11(3)17/h1,6-7,9-10H,5,8H2,2-3H3,(H,16,17)/b15-10-. The molecule has 0 aliphatic carbocycles. The molecule has 0 heterocycles. The van der Waals surface area contributed by atoms with Crippen LogP contribution in [0.2, 0.25) is 0 Å². The van der Waals surface area contributed by atoms with Crippen molar-refractivity contribution in [3.63, 3.8) is 0 Å². The van der Waals surface area contributed by atoms with Gasteiger partial charge in [-0.25, -0.2) is 5.43 Å². The van der Waals surface area contributed by atoms with Gasteiger partial charge in [-0.1, -0.05) is 5.92 Å². The van der Waals surface area contributed by atoms with Crippen LogP contribution < -0.4 is 14.9 Å². The van der Waals surface area contributed by atoms with Gasteiger partial charge in [-0.2, -0.15) is 5.10 Å². The van der Waals surface area contributed by atoms with E-state index in [1.165, 1.54) is 13.1 Å². The van der Waals surface area contributed by atoms with Crippen molar-refractivity contribution in [1.82, 2.24) is 5.43 Å². The molecule has 0 aliphatic heterocycles. The summed E-state index contributed by atoms with van der Waals surface area (Å²) in [5, 5.41) is 3.78. The first kappa shape index (κ1) is 14.6. The maximum Gasteiger partial charge on any atom is 0.236 e. The van der Waals surface area contributed by atoms with Crippen LogP contribution in [0.1, 0.15) is 19.4 Å². The summed E-state index contributed by atoms with van der Waals surface area (Å²) in [6, 6.07) is 5.30. The number of ether oxygens (including phenoxy) is 2.